The van der Waals surface area contributed by atoms with Crippen LogP contribution in [-0.4, -0.2) is 17.1 Å². The Morgan fingerprint density at radius 2 is 1.71 bits per heavy atom. The van der Waals surface area contributed by atoms with Crippen molar-refractivity contribution in [1.29, 1.82) is 0 Å². The Morgan fingerprint density at radius 1 is 1.08 bits per heavy atom. The molecule has 126 valence electrons. The molecule has 0 heterocycles. The van der Waals surface area contributed by atoms with Gasteiger partial charge < -0.3 is 0 Å². The number of carbonyl (C=O) groups excluding carboxylic acids is 2. The first kappa shape index (κ1) is 18.3. The second-order valence-corrected chi connectivity index (χ2v) is 6.91. The summed E-state index contributed by atoms with van der Waals surface area (Å²) >= 11 is 7.17. The number of benzene rings is 2. The number of hydrazine groups is 1. The third-order valence-electron chi connectivity index (χ3n) is 3.10. The summed E-state index contributed by atoms with van der Waals surface area (Å²) in [5, 5.41) is 0.238. The monoisotopic (exact) mass is 366 g/mol. The van der Waals surface area contributed by atoms with Gasteiger partial charge in [0.1, 0.15) is 5.82 Å². The van der Waals surface area contributed by atoms with Gasteiger partial charge in [-0.25, -0.2) is 4.39 Å². The van der Waals surface area contributed by atoms with Crippen LogP contribution in [0.15, 0.2) is 53.4 Å². The molecule has 24 heavy (non-hydrogen) atoms. The molecule has 2 aromatic carbocycles. The number of hydrogen-bond donors (Lipinski definition) is 2. The minimum atomic E-state index is -0.391. The summed E-state index contributed by atoms with van der Waals surface area (Å²) in [6.07, 6.45) is 0.0548. The summed E-state index contributed by atoms with van der Waals surface area (Å²) < 4.78 is 12.8. The summed E-state index contributed by atoms with van der Waals surface area (Å²) in [4.78, 5) is 24.7. The van der Waals surface area contributed by atoms with Crippen molar-refractivity contribution in [3.63, 3.8) is 0 Å². The summed E-state index contributed by atoms with van der Waals surface area (Å²) in [7, 11) is 0. The minimum Gasteiger partial charge on any atom is -0.273 e. The Labute approximate surface area is 148 Å². The van der Waals surface area contributed by atoms with Crippen molar-refractivity contribution in [3.05, 3.63) is 64.9 Å². The van der Waals surface area contributed by atoms with Crippen LogP contribution in [-0.2, 0) is 16.0 Å². The van der Waals surface area contributed by atoms with Gasteiger partial charge in [-0.3, -0.25) is 20.4 Å². The SMILES string of the molecule is CC(Sc1ccc(Cl)cc1)C(=O)NNC(=O)Cc1ccc(F)cc1. The molecule has 0 aliphatic carbocycles. The second-order valence-electron chi connectivity index (χ2n) is 5.05. The fraction of sp³-hybridized carbons (Fsp3) is 0.176. The third-order valence-corrected chi connectivity index (χ3v) is 4.46. The van der Waals surface area contributed by atoms with Gasteiger partial charge in [0.15, 0.2) is 0 Å². The predicted molar refractivity (Wildman–Crippen MR) is 93.2 cm³/mol. The molecule has 0 radical (unpaired) electrons. The number of nitrogens with one attached hydrogen (secondary N) is 2. The lowest BCUT2D eigenvalue weighted by molar-refractivity contribution is -0.128. The van der Waals surface area contributed by atoms with Gasteiger partial charge in [-0.1, -0.05) is 23.7 Å². The van der Waals surface area contributed by atoms with Gasteiger partial charge in [-0.2, -0.15) is 0 Å². The van der Waals surface area contributed by atoms with E-state index in [1.54, 1.807) is 19.1 Å². The summed E-state index contributed by atoms with van der Waals surface area (Å²) in [5.41, 5.74) is 5.40. The predicted octanol–water partition coefficient (Wildman–Crippen LogP) is 3.35. The van der Waals surface area contributed by atoms with E-state index in [0.717, 1.165) is 4.90 Å². The number of rotatable bonds is 5. The fourth-order valence-corrected chi connectivity index (χ4v) is 2.83. The Bertz CT molecular complexity index is 708. The quantitative estimate of drug-likeness (QED) is 0.630. The minimum absolute atomic E-state index is 0.0548. The molecule has 1 atom stereocenters. The zero-order valence-electron chi connectivity index (χ0n) is 12.9. The van der Waals surface area contributed by atoms with E-state index in [1.165, 1.54) is 36.0 Å². The van der Waals surface area contributed by atoms with E-state index >= 15 is 0 Å². The van der Waals surface area contributed by atoms with E-state index in [4.69, 9.17) is 11.6 Å². The lowest BCUT2D eigenvalue weighted by Crippen LogP contribution is -2.45. The van der Waals surface area contributed by atoms with Crippen LogP contribution in [0.1, 0.15) is 12.5 Å². The highest BCUT2D eigenvalue weighted by molar-refractivity contribution is 8.00. The van der Waals surface area contributed by atoms with E-state index < -0.39 is 5.25 Å². The lowest BCUT2D eigenvalue weighted by atomic mass is 10.1. The molecule has 2 N–H and O–H groups in total. The van der Waals surface area contributed by atoms with E-state index in [0.29, 0.717) is 10.6 Å². The molecule has 0 saturated carbocycles. The molecule has 0 saturated heterocycles. The summed E-state index contributed by atoms with van der Waals surface area (Å²) in [6.45, 7) is 1.74. The van der Waals surface area contributed by atoms with Crippen LogP contribution in [0.4, 0.5) is 4.39 Å². The normalized spacial score (nSPS) is 11.6. The molecular weight excluding hydrogens is 351 g/mol. The number of halogens is 2. The van der Waals surface area contributed by atoms with Gasteiger partial charge >= 0.3 is 0 Å². The number of amides is 2. The van der Waals surface area contributed by atoms with Crippen molar-refractivity contribution in [3.8, 4) is 0 Å². The van der Waals surface area contributed by atoms with Crippen LogP contribution >= 0.6 is 23.4 Å². The van der Waals surface area contributed by atoms with Crippen molar-refractivity contribution in [2.75, 3.05) is 0 Å². The van der Waals surface area contributed by atoms with E-state index in [-0.39, 0.29) is 24.1 Å². The van der Waals surface area contributed by atoms with Crippen molar-refractivity contribution in [2.45, 2.75) is 23.5 Å². The number of hydrogen-bond acceptors (Lipinski definition) is 3. The molecule has 1 unspecified atom stereocenters. The molecule has 0 bridgehead atoms. The van der Waals surface area contributed by atoms with Gasteiger partial charge in [0.2, 0.25) is 5.91 Å². The highest BCUT2D eigenvalue weighted by atomic mass is 35.5. The maximum Gasteiger partial charge on any atom is 0.251 e. The molecule has 0 aromatic heterocycles. The van der Waals surface area contributed by atoms with Gasteiger partial charge in [0, 0.05) is 9.92 Å². The Hall–Kier alpha value is -2.05. The van der Waals surface area contributed by atoms with E-state index in [9.17, 15) is 14.0 Å². The van der Waals surface area contributed by atoms with Crippen LogP contribution in [0.25, 0.3) is 0 Å². The summed E-state index contributed by atoms with van der Waals surface area (Å²) in [5.74, 6) is -1.05. The average Bonchev–Trinajstić information content (AvgIpc) is 2.57. The zero-order valence-corrected chi connectivity index (χ0v) is 14.5. The maximum atomic E-state index is 12.8. The number of carbonyl (C=O) groups is 2. The first-order chi connectivity index (χ1) is 11.4. The zero-order chi connectivity index (χ0) is 17.5. The number of thioether (sulfide) groups is 1. The molecule has 2 aromatic rings. The average molecular weight is 367 g/mol. The Kier molecular flexibility index (Phi) is 6.63. The Balaban J connectivity index is 1.77. The molecule has 0 spiro atoms. The lowest BCUT2D eigenvalue weighted by Gasteiger charge is -2.13. The maximum absolute atomic E-state index is 12.8. The first-order valence-electron chi connectivity index (χ1n) is 7.19. The molecule has 2 rings (SSSR count). The van der Waals surface area contributed by atoms with Crippen LogP contribution in [0.3, 0.4) is 0 Å². The standard InChI is InChI=1S/C17H16ClFN2O2S/c1-11(24-15-8-4-13(18)5-9-15)17(23)21-20-16(22)10-12-2-6-14(19)7-3-12/h2-9,11H,10H2,1H3,(H,20,22)(H,21,23). The van der Waals surface area contributed by atoms with Crippen LogP contribution in [0.2, 0.25) is 5.02 Å². The van der Waals surface area contributed by atoms with Crippen LogP contribution < -0.4 is 10.9 Å². The molecule has 4 nitrogen and oxygen atoms in total. The van der Waals surface area contributed by atoms with Gasteiger partial charge in [0.05, 0.1) is 11.7 Å². The third kappa shape index (κ3) is 5.86. The van der Waals surface area contributed by atoms with Crippen molar-refractivity contribution < 1.29 is 14.0 Å². The molecule has 2 amide bonds. The Morgan fingerprint density at radius 3 is 2.33 bits per heavy atom. The van der Waals surface area contributed by atoms with Gasteiger partial charge in [-0.05, 0) is 48.9 Å². The smallest absolute Gasteiger partial charge is 0.251 e. The van der Waals surface area contributed by atoms with Crippen molar-refractivity contribution >= 4 is 35.2 Å². The van der Waals surface area contributed by atoms with Crippen LogP contribution in [0, 0.1) is 5.82 Å². The largest absolute Gasteiger partial charge is 0.273 e. The van der Waals surface area contributed by atoms with E-state index in [2.05, 4.69) is 10.9 Å². The molecule has 0 aliphatic heterocycles. The molecule has 0 aliphatic rings. The molecule has 7 heteroatoms. The highest BCUT2D eigenvalue weighted by Crippen LogP contribution is 2.24. The summed E-state index contributed by atoms with van der Waals surface area (Å²) in [6, 6.07) is 12.8. The first-order valence-corrected chi connectivity index (χ1v) is 8.45. The topological polar surface area (TPSA) is 58.2 Å². The van der Waals surface area contributed by atoms with Gasteiger partial charge in [0.25, 0.3) is 5.91 Å². The van der Waals surface area contributed by atoms with Crippen molar-refractivity contribution in [2.24, 2.45) is 0 Å². The van der Waals surface area contributed by atoms with Crippen molar-refractivity contribution in [1.82, 2.24) is 10.9 Å². The fourth-order valence-electron chi connectivity index (χ4n) is 1.84. The van der Waals surface area contributed by atoms with Crippen LogP contribution in [0.5, 0.6) is 0 Å². The second kappa shape index (κ2) is 8.70. The molecular formula is C17H16ClFN2O2S. The van der Waals surface area contributed by atoms with Gasteiger partial charge in [-0.15, -0.1) is 11.8 Å². The molecule has 0 fully saturated rings. The highest BCUT2D eigenvalue weighted by Gasteiger charge is 2.15. The van der Waals surface area contributed by atoms with E-state index in [1.807, 2.05) is 12.1 Å².